The van der Waals surface area contributed by atoms with Gasteiger partial charge in [0.25, 0.3) is 0 Å². The predicted octanol–water partition coefficient (Wildman–Crippen LogP) is 2.46. The molecule has 1 atom stereocenters. The molecule has 0 bridgehead atoms. The Balaban J connectivity index is 2.36. The first-order chi connectivity index (χ1) is 9.69. The number of aliphatic hydroxyl groups excluding tert-OH is 1. The molecule has 0 heterocycles. The van der Waals surface area contributed by atoms with Crippen molar-refractivity contribution in [3.8, 4) is 11.5 Å². The van der Waals surface area contributed by atoms with Gasteiger partial charge in [-0.3, -0.25) is 0 Å². The van der Waals surface area contributed by atoms with Gasteiger partial charge >= 0.3 is 0 Å². The number of ether oxygens (including phenoxy) is 2. The van der Waals surface area contributed by atoms with Crippen molar-refractivity contribution in [2.45, 2.75) is 33.2 Å². The normalized spacial score (nSPS) is 12.4. The lowest BCUT2D eigenvalue weighted by molar-refractivity contribution is 0.230. The van der Waals surface area contributed by atoms with Crippen molar-refractivity contribution >= 4 is 0 Å². The first-order valence-electron chi connectivity index (χ1n) is 7.37. The van der Waals surface area contributed by atoms with E-state index in [4.69, 9.17) is 14.6 Å². The predicted molar refractivity (Wildman–Crippen MR) is 81.4 cm³/mol. The Hall–Kier alpha value is -1.26. The summed E-state index contributed by atoms with van der Waals surface area (Å²) in [4.78, 5) is 0. The molecule has 0 aliphatic rings. The maximum absolute atomic E-state index is 9.03. The molecule has 4 nitrogen and oxygen atoms in total. The Kier molecular flexibility index (Phi) is 8.07. The average Bonchev–Trinajstić information content (AvgIpc) is 2.44. The molecule has 4 heteroatoms. The minimum atomic E-state index is 0.212. The van der Waals surface area contributed by atoms with E-state index in [1.807, 2.05) is 31.2 Å². The summed E-state index contributed by atoms with van der Waals surface area (Å²) in [7, 11) is 0. The van der Waals surface area contributed by atoms with Crippen molar-refractivity contribution in [1.29, 1.82) is 0 Å². The third kappa shape index (κ3) is 5.80. The summed E-state index contributed by atoms with van der Waals surface area (Å²) in [6.45, 7) is 8.44. The molecule has 0 radical (unpaired) electrons. The van der Waals surface area contributed by atoms with Crippen LogP contribution in [-0.4, -0.2) is 37.5 Å². The minimum absolute atomic E-state index is 0.212. The standard InChI is InChI=1S/C16H27NO3/c1-4-19-15-7-5-6-8-16(15)20-12-10-17-14(9-11-18)13(2)3/h5-8,13-14,17-18H,4,9-12H2,1-3H3. The molecular weight excluding hydrogens is 254 g/mol. The number of rotatable bonds is 10. The first-order valence-corrected chi connectivity index (χ1v) is 7.37. The fraction of sp³-hybridized carbons (Fsp3) is 0.625. The maximum Gasteiger partial charge on any atom is 0.161 e. The summed E-state index contributed by atoms with van der Waals surface area (Å²) in [6.07, 6.45) is 0.771. The zero-order valence-electron chi connectivity index (χ0n) is 12.8. The van der Waals surface area contributed by atoms with Gasteiger partial charge in [-0.15, -0.1) is 0 Å². The molecule has 1 unspecified atom stereocenters. The summed E-state index contributed by atoms with van der Waals surface area (Å²) in [5.74, 6) is 2.06. The SMILES string of the molecule is CCOc1ccccc1OCCNC(CCO)C(C)C. The Morgan fingerprint density at radius 3 is 2.35 bits per heavy atom. The lowest BCUT2D eigenvalue weighted by Crippen LogP contribution is -2.37. The van der Waals surface area contributed by atoms with Gasteiger partial charge in [0.05, 0.1) is 6.61 Å². The van der Waals surface area contributed by atoms with Crippen LogP contribution in [0.1, 0.15) is 27.2 Å². The van der Waals surface area contributed by atoms with E-state index < -0.39 is 0 Å². The van der Waals surface area contributed by atoms with Crippen molar-refractivity contribution in [2.24, 2.45) is 5.92 Å². The molecule has 0 aromatic heterocycles. The number of nitrogens with one attached hydrogen (secondary N) is 1. The number of benzene rings is 1. The van der Waals surface area contributed by atoms with E-state index in [2.05, 4.69) is 19.2 Å². The smallest absolute Gasteiger partial charge is 0.161 e. The van der Waals surface area contributed by atoms with Crippen molar-refractivity contribution in [3.63, 3.8) is 0 Å². The van der Waals surface area contributed by atoms with Gasteiger partial charge in [-0.1, -0.05) is 26.0 Å². The molecule has 0 aliphatic heterocycles. The zero-order chi connectivity index (χ0) is 14.8. The largest absolute Gasteiger partial charge is 0.490 e. The van der Waals surface area contributed by atoms with Crippen LogP contribution >= 0.6 is 0 Å². The van der Waals surface area contributed by atoms with E-state index in [-0.39, 0.29) is 6.61 Å². The van der Waals surface area contributed by atoms with Gasteiger partial charge in [0.15, 0.2) is 11.5 Å². The van der Waals surface area contributed by atoms with Crippen LogP contribution in [0.3, 0.4) is 0 Å². The van der Waals surface area contributed by atoms with Crippen molar-refractivity contribution in [3.05, 3.63) is 24.3 Å². The van der Waals surface area contributed by atoms with E-state index in [0.29, 0.717) is 25.2 Å². The van der Waals surface area contributed by atoms with Crippen molar-refractivity contribution in [1.82, 2.24) is 5.32 Å². The van der Waals surface area contributed by atoms with Crippen LogP contribution in [0.15, 0.2) is 24.3 Å². The fourth-order valence-corrected chi connectivity index (χ4v) is 2.06. The highest BCUT2D eigenvalue weighted by molar-refractivity contribution is 5.39. The molecular formula is C16H27NO3. The monoisotopic (exact) mass is 281 g/mol. The second kappa shape index (κ2) is 9.61. The van der Waals surface area contributed by atoms with Crippen LogP contribution in [0.25, 0.3) is 0 Å². The Labute approximate surface area is 122 Å². The molecule has 0 aliphatic carbocycles. The van der Waals surface area contributed by atoms with E-state index in [9.17, 15) is 0 Å². The van der Waals surface area contributed by atoms with Gasteiger partial charge in [-0.2, -0.15) is 0 Å². The molecule has 1 aromatic carbocycles. The molecule has 1 aromatic rings. The van der Waals surface area contributed by atoms with Crippen LogP contribution < -0.4 is 14.8 Å². The molecule has 2 N–H and O–H groups in total. The quantitative estimate of drug-likeness (QED) is 0.647. The molecule has 0 spiro atoms. The number of aliphatic hydroxyl groups is 1. The van der Waals surface area contributed by atoms with Crippen LogP contribution in [0, 0.1) is 5.92 Å². The number of hydrogen-bond acceptors (Lipinski definition) is 4. The van der Waals surface area contributed by atoms with E-state index in [1.165, 1.54) is 0 Å². The summed E-state index contributed by atoms with van der Waals surface area (Å²) in [5, 5.41) is 12.4. The lowest BCUT2D eigenvalue weighted by Gasteiger charge is -2.21. The fourth-order valence-electron chi connectivity index (χ4n) is 2.06. The van der Waals surface area contributed by atoms with Crippen LogP contribution in [0.2, 0.25) is 0 Å². The Bertz CT molecular complexity index is 368. The van der Waals surface area contributed by atoms with Gasteiger partial charge in [-0.05, 0) is 31.4 Å². The summed E-state index contributed by atoms with van der Waals surface area (Å²) < 4.78 is 11.3. The van der Waals surface area contributed by atoms with Gasteiger partial charge in [-0.25, -0.2) is 0 Å². The molecule has 0 fully saturated rings. The molecule has 114 valence electrons. The molecule has 1 rings (SSSR count). The zero-order valence-corrected chi connectivity index (χ0v) is 12.8. The van der Waals surface area contributed by atoms with Gasteiger partial charge in [0.2, 0.25) is 0 Å². The number of hydrogen-bond donors (Lipinski definition) is 2. The summed E-state index contributed by atoms with van der Waals surface area (Å²) >= 11 is 0. The highest BCUT2D eigenvalue weighted by Gasteiger charge is 2.11. The highest BCUT2D eigenvalue weighted by Crippen LogP contribution is 2.26. The first kappa shape index (κ1) is 16.8. The van der Waals surface area contributed by atoms with Crippen molar-refractivity contribution in [2.75, 3.05) is 26.4 Å². The van der Waals surface area contributed by atoms with Crippen molar-refractivity contribution < 1.29 is 14.6 Å². The lowest BCUT2D eigenvalue weighted by atomic mass is 10.0. The summed E-state index contributed by atoms with van der Waals surface area (Å²) in [5.41, 5.74) is 0. The number of para-hydroxylation sites is 2. The van der Waals surface area contributed by atoms with E-state index in [0.717, 1.165) is 24.5 Å². The Morgan fingerprint density at radius 1 is 1.15 bits per heavy atom. The summed E-state index contributed by atoms with van der Waals surface area (Å²) in [6, 6.07) is 8.03. The minimum Gasteiger partial charge on any atom is -0.490 e. The maximum atomic E-state index is 9.03. The van der Waals surface area contributed by atoms with Crippen LogP contribution in [-0.2, 0) is 0 Å². The second-order valence-corrected chi connectivity index (χ2v) is 5.05. The van der Waals surface area contributed by atoms with Crippen LogP contribution in [0.4, 0.5) is 0 Å². The second-order valence-electron chi connectivity index (χ2n) is 5.05. The van der Waals surface area contributed by atoms with Gasteiger partial charge in [0.1, 0.15) is 6.61 Å². The third-order valence-electron chi connectivity index (χ3n) is 3.16. The Morgan fingerprint density at radius 2 is 1.80 bits per heavy atom. The average molecular weight is 281 g/mol. The third-order valence-corrected chi connectivity index (χ3v) is 3.16. The molecule has 0 amide bonds. The van der Waals surface area contributed by atoms with E-state index in [1.54, 1.807) is 0 Å². The molecule has 20 heavy (non-hydrogen) atoms. The van der Waals surface area contributed by atoms with Crippen LogP contribution in [0.5, 0.6) is 11.5 Å². The topological polar surface area (TPSA) is 50.7 Å². The van der Waals surface area contributed by atoms with Gasteiger partial charge < -0.3 is 19.9 Å². The highest BCUT2D eigenvalue weighted by atomic mass is 16.5. The molecule has 0 saturated carbocycles. The van der Waals surface area contributed by atoms with Gasteiger partial charge in [0, 0.05) is 19.2 Å². The molecule has 0 saturated heterocycles. The van der Waals surface area contributed by atoms with E-state index >= 15 is 0 Å².